The van der Waals surface area contributed by atoms with E-state index in [4.69, 9.17) is 0 Å². The third kappa shape index (κ3) is 3.63. The van der Waals surface area contributed by atoms with Crippen LogP contribution in [0.4, 0.5) is 11.4 Å². The number of carbonyl (C=O) groups excluding carboxylic acids is 1. The van der Waals surface area contributed by atoms with E-state index in [0.29, 0.717) is 11.4 Å². The second-order valence-electron chi connectivity index (χ2n) is 7.68. The Balaban J connectivity index is 1.76. The van der Waals surface area contributed by atoms with Gasteiger partial charge in [0.15, 0.2) is 0 Å². The Morgan fingerprint density at radius 2 is 1.65 bits per heavy atom. The van der Waals surface area contributed by atoms with Crippen molar-refractivity contribution >= 4 is 28.3 Å². The molecular formula is C23H23N5O3. The summed E-state index contributed by atoms with van der Waals surface area (Å²) in [5, 5.41) is 2.82. The number of aromatic amines is 1. The molecule has 2 aromatic carbocycles. The molecule has 158 valence electrons. The van der Waals surface area contributed by atoms with Gasteiger partial charge in [0.1, 0.15) is 5.52 Å². The topological polar surface area (TPSA) is 92.1 Å². The fraction of sp³-hybridized carbons (Fsp3) is 0.174. The van der Waals surface area contributed by atoms with E-state index in [9.17, 15) is 14.4 Å². The highest BCUT2D eigenvalue weighted by Gasteiger charge is 2.20. The lowest BCUT2D eigenvalue weighted by Crippen LogP contribution is -2.34. The second-order valence-corrected chi connectivity index (χ2v) is 7.68. The minimum absolute atomic E-state index is 0.211. The summed E-state index contributed by atoms with van der Waals surface area (Å²) in [4.78, 5) is 43.5. The van der Waals surface area contributed by atoms with Gasteiger partial charge in [-0.1, -0.05) is 17.7 Å². The van der Waals surface area contributed by atoms with Crippen LogP contribution in [0.1, 0.15) is 15.9 Å². The van der Waals surface area contributed by atoms with Gasteiger partial charge in [-0.25, -0.2) is 9.36 Å². The molecule has 4 rings (SSSR count). The maximum absolute atomic E-state index is 13.1. The summed E-state index contributed by atoms with van der Waals surface area (Å²) in [7, 11) is 5.54. The van der Waals surface area contributed by atoms with E-state index in [1.54, 1.807) is 42.1 Å². The van der Waals surface area contributed by atoms with Crippen LogP contribution in [0.15, 0.2) is 64.3 Å². The Labute approximate surface area is 178 Å². The number of benzene rings is 2. The molecule has 1 amide bonds. The Morgan fingerprint density at radius 1 is 1.00 bits per heavy atom. The van der Waals surface area contributed by atoms with Crippen LogP contribution in [0.2, 0.25) is 0 Å². The minimum Gasteiger partial charge on any atom is -0.378 e. The largest absolute Gasteiger partial charge is 0.378 e. The second kappa shape index (κ2) is 7.64. The third-order valence-corrected chi connectivity index (χ3v) is 5.20. The number of aryl methyl sites for hydroxylation is 2. The number of fused-ring (bicyclic) bond motifs is 1. The van der Waals surface area contributed by atoms with Gasteiger partial charge < -0.3 is 19.8 Å². The number of hydrogen-bond acceptors (Lipinski definition) is 4. The third-order valence-electron chi connectivity index (χ3n) is 5.20. The van der Waals surface area contributed by atoms with E-state index in [1.165, 1.54) is 0 Å². The molecule has 0 aliphatic heterocycles. The molecule has 4 aromatic rings. The van der Waals surface area contributed by atoms with Gasteiger partial charge >= 0.3 is 5.69 Å². The Hall–Kier alpha value is -4.07. The molecule has 2 aromatic heterocycles. The van der Waals surface area contributed by atoms with E-state index in [1.807, 2.05) is 50.2 Å². The number of amides is 1. The van der Waals surface area contributed by atoms with Gasteiger partial charge in [0, 0.05) is 38.7 Å². The molecule has 0 unspecified atom stereocenters. The van der Waals surface area contributed by atoms with E-state index in [2.05, 4.69) is 10.3 Å². The quantitative estimate of drug-likeness (QED) is 0.534. The Bertz CT molecular complexity index is 1390. The maximum Gasteiger partial charge on any atom is 0.333 e. The summed E-state index contributed by atoms with van der Waals surface area (Å²) in [5.41, 5.74) is 2.69. The molecule has 2 N–H and O–H groups in total. The van der Waals surface area contributed by atoms with Crippen molar-refractivity contribution in [3.05, 3.63) is 86.7 Å². The average molecular weight is 417 g/mol. The monoisotopic (exact) mass is 417 g/mol. The predicted molar refractivity (Wildman–Crippen MR) is 123 cm³/mol. The van der Waals surface area contributed by atoms with Crippen molar-refractivity contribution in [2.75, 3.05) is 24.3 Å². The minimum atomic E-state index is -0.600. The number of nitrogens with zero attached hydrogens (tertiary/aromatic N) is 3. The van der Waals surface area contributed by atoms with Crippen molar-refractivity contribution in [2.45, 2.75) is 6.92 Å². The number of H-pyrrole nitrogens is 1. The molecule has 0 spiro atoms. The van der Waals surface area contributed by atoms with E-state index < -0.39 is 17.2 Å². The molecule has 8 heteroatoms. The summed E-state index contributed by atoms with van der Waals surface area (Å²) in [5.74, 6) is -0.411. The molecule has 8 nitrogen and oxygen atoms in total. The Kier molecular flexibility index (Phi) is 4.98. The van der Waals surface area contributed by atoms with Crippen LogP contribution in [0, 0.1) is 6.92 Å². The summed E-state index contributed by atoms with van der Waals surface area (Å²) in [6.45, 7) is 1.93. The van der Waals surface area contributed by atoms with Crippen LogP contribution in [-0.4, -0.2) is 34.1 Å². The molecule has 0 bridgehead atoms. The van der Waals surface area contributed by atoms with Crippen LogP contribution >= 0.6 is 0 Å². The van der Waals surface area contributed by atoms with Gasteiger partial charge in [0.05, 0.1) is 16.8 Å². The molecule has 0 aliphatic carbocycles. The first-order chi connectivity index (χ1) is 14.8. The lowest BCUT2D eigenvalue weighted by molar-refractivity contribution is 0.102. The molecule has 0 radical (unpaired) electrons. The Morgan fingerprint density at radius 3 is 2.26 bits per heavy atom. The predicted octanol–water partition coefficient (Wildman–Crippen LogP) is 2.64. The van der Waals surface area contributed by atoms with Crippen molar-refractivity contribution in [1.29, 1.82) is 0 Å². The summed E-state index contributed by atoms with van der Waals surface area (Å²) >= 11 is 0. The zero-order chi connectivity index (χ0) is 22.3. The van der Waals surface area contributed by atoms with Gasteiger partial charge in [0.25, 0.3) is 11.5 Å². The molecule has 2 heterocycles. The van der Waals surface area contributed by atoms with E-state index >= 15 is 0 Å². The average Bonchev–Trinajstić information content (AvgIpc) is 3.06. The lowest BCUT2D eigenvalue weighted by atomic mass is 10.2. The lowest BCUT2D eigenvalue weighted by Gasteiger charge is -2.13. The van der Waals surface area contributed by atoms with Crippen LogP contribution in [0.3, 0.4) is 0 Å². The molecule has 0 aliphatic rings. The molecular weight excluding hydrogens is 394 g/mol. The van der Waals surface area contributed by atoms with Crippen LogP contribution in [0.5, 0.6) is 0 Å². The van der Waals surface area contributed by atoms with Gasteiger partial charge in [0.2, 0.25) is 0 Å². The first-order valence-corrected chi connectivity index (χ1v) is 9.76. The number of carbonyl (C=O) groups is 1. The summed E-state index contributed by atoms with van der Waals surface area (Å²) < 4.78 is 2.63. The SMILES string of the molecule is Cc1ccc(-n2c(=O)[nH]c3c(C(=O)Nc4ccc(N(C)C)cc4)cn(C)c3c2=O)cc1. The highest BCUT2D eigenvalue weighted by molar-refractivity contribution is 6.11. The smallest absolute Gasteiger partial charge is 0.333 e. The first kappa shape index (κ1) is 20.2. The summed E-state index contributed by atoms with van der Waals surface area (Å²) in [6.07, 6.45) is 1.55. The van der Waals surface area contributed by atoms with E-state index in [-0.39, 0.29) is 16.6 Å². The first-order valence-electron chi connectivity index (χ1n) is 9.76. The van der Waals surface area contributed by atoms with Crippen molar-refractivity contribution in [3.8, 4) is 5.69 Å². The number of hydrogen-bond donors (Lipinski definition) is 2. The highest BCUT2D eigenvalue weighted by atomic mass is 16.2. The van der Waals surface area contributed by atoms with Crippen LogP contribution < -0.4 is 21.5 Å². The van der Waals surface area contributed by atoms with Crippen LogP contribution in [-0.2, 0) is 7.05 Å². The molecule has 0 saturated heterocycles. The molecule has 0 fully saturated rings. The van der Waals surface area contributed by atoms with Gasteiger partial charge in [-0.15, -0.1) is 0 Å². The number of anilines is 2. The van der Waals surface area contributed by atoms with Crippen molar-refractivity contribution < 1.29 is 4.79 Å². The van der Waals surface area contributed by atoms with Crippen molar-refractivity contribution in [1.82, 2.24) is 14.1 Å². The molecule has 31 heavy (non-hydrogen) atoms. The normalized spacial score (nSPS) is 11.0. The van der Waals surface area contributed by atoms with Crippen molar-refractivity contribution in [3.63, 3.8) is 0 Å². The molecule has 0 atom stereocenters. The number of rotatable bonds is 4. The number of aromatic nitrogens is 3. The zero-order valence-corrected chi connectivity index (χ0v) is 17.8. The maximum atomic E-state index is 13.1. The number of nitrogens with one attached hydrogen (secondary N) is 2. The highest BCUT2D eigenvalue weighted by Crippen LogP contribution is 2.19. The fourth-order valence-corrected chi connectivity index (χ4v) is 3.51. The van der Waals surface area contributed by atoms with Gasteiger partial charge in [-0.05, 0) is 43.3 Å². The zero-order valence-electron chi connectivity index (χ0n) is 17.8. The van der Waals surface area contributed by atoms with Gasteiger partial charge in [-0.2, -0.15) is 0 Å². The standard InChI is InChI=1S/C23H23N5O3/c1-14-5-9-17(10-6-14)28-22(30)20-19(25-23(28)31)18(13-27(20)4)21(29)24-15-7-11-16(12-8-15)26(2)3/h5-13H,1-4H3,(H,24,29)(H,25,31). The van der Waals surface area contributed by atoms with Crippen molar-refractivity contribution in [2.24, 2.45) is 7.05 Å². The summed E-state index contributed by atoms with van der Waals surface area (Å²) in [6, 6.07) is 14.5. The molecule has 0 saturated carbocycles. The van der Waals surface area contributed by atoms with Crippen LogP contribution in [0.25, 0.3) is 16.7 Å². The fourth-order valence-electron chi connectivity index (χ4n) is 3.51. The van der Waals surface area contributed by atoms with Gasteiger partial charge in [-0.3, -0.25) is 9.59 Å². The van der Waals surface area contributed by atoms with E-state index in [0.717, 1.165) is 15.8 Å².